The lowest BCUT2D eigenvalue weighted by Crippen LogP contribution is -2.51. The third-order valence-electron chi connectivity index (χ3n) is 3.81. The minimum absolute atomic E-state index is 0.0443. The van der Waals surface area contributed by atoms with Crippen molar-refractivity contribution >= 4 is 46.7 Å². The van der Waals surface area contributed by atoms with Crippen molar-refractivity contribution < 1.29 is 28.3 Å². The lowest BCUT2D eigenvalue weighted by atomic mass is 10.1. The Morgan fingerprint density at radius 2 is 1.68 bits per heavy atom. The first-order valence-corrected chi connectivity index (χ1v) is 8.04. The zero-order chi connectivity index (χ0) is 18.8. The topological polar surface area (TPSA) is 95.5 Å². The van der Waals surface area contributed by atoms with Crippen LogP contribution in [-0.2, 0) is 14.4 Å². The maximum Gasteiger partial charge on any atom is 0.400 e. The molecule has 0 aliphatic heterocycles. The fourth-order valence-electron chi connectivity index (χ4n) is 2.55. The lowest BCUT2D eigenvalue weighted by molar-refractivity contribution is -0.157. The van der Waals surface area contributed by atoms with E-state index in [0.29, 0.717) is 0 Å². The highest BCUT2D eigenvalue weighted by Crippen LogP contribution is 2.28. The SMILES string of the molecule is O=C(O)[C@@H]1CCC(NC(=O)C(F)(F)C(=O)Nc2cc(Cl)cc(Cl)c2)C1. The van der Waals surface area contributed by atoms with Gasteiger partial charge in [0.05, 0.1) is 5.92 Å². The van der Waals surface area contributed by atoms with Crippen LogP contribution in [0.15, 0.2) is 18.2 Å². The molecular formula is C15H14Cl2F2N2O4. The van der Waals surface area contributed by atoms with Crippen LogP contribution in [0.1, 0.15) is 19.3 Å². The third-order valence-corrected chi connectivity index (χ3v) is 4.24. The van der Waals surface area contributed by atoms with E-state index in [4.69, 9.17) is 28.3 Å². The standard InChI is InChI=1S/C15H14Cl2F2N2O4/c16-8-4-9(17)6-11(5-8)21-14(25)15(18,19)13(24)20-10-2-1-7(3-10)12(22)23/h4-7,10H,1-3H2,(H,20,24)(H,21,25)(H,22,23)/t7-,10?/m1/s1. The van der Waals surface area contributed by atoms with Gasteiger partial charge in [0.2, 0.25) is 0 Å². The van der Waals surface area contributed by atoms with Gasteiger partial charge in [0.1, 0.15) is 0 Å². The Labute approximate surface area is 151 Å². The Hall–Kier alpha value is -1.93. The average Bonchev–Trinajstić information content (AvgIpc) is 2.94. The van der Waals surface area contributed by atoms with E-state index < -0.39 is 35.7 Å². The molecule has 10 heteroatoms. The van der Waals surface area contributed by atoms with Crippen molar-refractivity contribution in [2.75, 3.05) is 5.32 Å². The number of carboxylic acid groups (broad SMARTS) is 1. The zero-order valence-corrected chi connectivity index (χ0v) is 14.2. The molecule has 1 fully saturated rings. The summed E-state index contributed by atoms with van der Waals surface area (Å²) in [6.07, 6.45) is 0.575. The summed E-state index contributed by atoms with van der Waals surface area (Å²) in [7, 11) is 0. The van der Waals surface area contributed by atoms with Crippen LogP contribution >= 0.6 is 23.2 Å². The van der Waals surface area contributed by atoms with Gasteiger partial charge in [-0.1, -0.05) is 23.2 Å². The van der Waals surface area contributed by atoms with E-state index in [1.807, 2.05) is 10.6 Å². The number of halogens is 4. The Bertz CT molecular complexity index is 695. The zero-order valence-electron chi connectivity index (χ0n) is 12.7. The molecule has 6 nitrogen and oxygen atoms in total. The highest BCUT2D eigenvalue weighted by atomic mass is 35.5. The number of rotatable bonds is 5. The van der Waals surface area contributed by atoms with Gasteiger partial charge in [0.15, 0.2) is 0 Å². The van der Waals surface area contributed by atoms with E-state index in [9.17, 15) is 23.2 Å². The number of carbonyl (C=O) groups is 3. The summed E-state index contributed by atoms with van der Waals surface area (Å²) in [5, 5.41) is 13.0. The second kappa shape index (κ2) is 7.53. The molecule has 0 bridgehead atoms. The van der Waals surface area contributed by atoms with E-state index in [0.717, 1.165) is 0 Å². The molecule has 136 valence electrons. The molecule has 1 aromatic carbocycles. The normalized spacial score (nSPS) is 20.2. The molecule has 0 aromatic heterocycles. The minimum Gasteiger partial charge on any atom is -0.481 e. The number of nitrogens with one attached hydrogen (secondary N) is 2. The summed E-state index contributed by atoms with van der Waals surface area (Å²) < 4.78 is 28.0. The number of alkyl halides is 2. The van der Waals surface area contributed by atoms with Crippen LogP contribution in [0.2, 0.25) is 10.0 Å². The first-order valence-electron chi connectivity index (χ1n) is 7.28. The number of amides is 2. The maximum atomic E-state index is 14.0. The molecule has 1 unspecified atom stereocenters. The van der Waals surface area contributed by atoms with Crippen LogP contribution < -0.4 is 10.6 Å². The molecule has 0 spiro atoms. The summed E-state index contributed by atoms with van der Waals surface area (Å²) in [6.45, 7) is 0. The van der Waals surface area contributed by atoms with Gasteiger partial charge in [-0.2, -0.15) is 8.78 Å². The van der Waals surface area contributed by atoms with Crippen molar-refractivity contribution in [3.05, 3.63) is 28.2 Å². The minimum atomic E-state index is -4.34. The van der Waals surface area contributed by atoms with Crippen LogP contribution in [0.4, 0.5) is 14.5 Å². The largest absolute Gasteiger partial charge is 0.481 e. The predicted octanol–water partition coefficient (Wildman–Crippen LogP) is 2.94. The smallest absolute Gasteiger partial charge is 0.400 e. The first-order chi connectivity index (χ1) is 11.6. The number of carboxylic acids is 1. The first kappa shape index (κ1) is 19.4. The maximum absolute atomic E-state index is 14.0. The Morgan fingerprint density at radius 3 is 2.20 bits per heavy atom. The summed E-state index contributed by atoms with van der Waals surface area (Å²) in [5.41, 5.74) is -0.0817. The van der Waals surface area contributed by atoms with E-state index in [-0.39, 0.29) is 35.0 Å². The third kappa shape index (κ3) is 4.79. The lowest BCUT2D eigenvalue weighted by Gasteiger charge is -2.19. The van der Waals surface area contributed by atoms with Crippen LogP contribution in [-0.4, -0.2) is 34.9 Å². The quantitative estimate of drug-likeness (QED) is 0.669. The van der Waals surface area contributed by atoms with Crippen molar-refractivity contribution in [1.82, 2.24) is 5.32 Å². The molecule has 1 aliphatic rings. The molecule has 0 heterocycles. The Kier molecular flexibility index (Phi) is 5.84. The number of hydrogen-bond donors (Lipinski definition) is 3. The van der Waals surface area contributed by atoms with Crippen molar-refractivity contribution in [3.63, 3.8) is 0 Å². The molecule has 2 amide bonds. The fraction of sp³-hybridized carbons (Fsp3) is 0.400. The Morgan fingerprint density at radius 1 is 1.08 bits per heavy atom. The molecule has 0 saturated heterocycles. The van der Waals surface area contributed by atoms with Crippen molar-refractivity contribution in [3.8, 4) is 0 Å². The highest BCUT2D eigenvalue weighted by molar-refractivity contribution is 6.35. The van der Waals surface area contributed by atoms with Gasteiger partial charge in [-0.25, -0.2) is 0 Å². The second-order valence-corrected chi connectivity index (χ2v) is 6.58. The van der Waals surface area contributed by atoms with Crippen molar-refractivity contribution in [2.24, 2.45) is 5.92 Å². The van der Waals surface area contributed by atoms with Gasteiger partial charge in [-0.05, 0) is 37.5 Å². The Balaban J connectivity index is 2.00. The molecule has 1 saturated carbocycles. The van der Waals surface area contributed by atoms with Gasteiger partial charge in [0.25, 0.3) is 0 Å². The number of benzene rings is 1. The molecule has 1 aromatic rings. The van der Waals surface area contributed by atoms with Gasteiger partial charge < -0.3 is 15.7 Å². The summed E-state index contributed by atoms with van der Waals surface area (Å²) >= 11 is 11.4. The summed E-state index contributed by atoms with van der Waals surface area (Å²) in [6, 6.07) is 3.04. The second-order valence-electron chi connectivity index (χ2n) is 5.71. The van der Waals surface area contributed by atoms with Crippen LogP contribution in [0.3, 0.4) is 0 Å². The van der Waals surface area contributed by atoms with Crippen molar-refractivity contribution in [1.29, 1.82) is 0 Å². The molecule has 1 aliphatic carbocycles. The number of aliphatic carboxylic acids is 1. The number of anilines is 1. The molecule has 0 radical (unpaired) electrons. The van der Waals surface area contributed by atoms with Crippen molar-refractivity contribution in [2.45, 2.75) is 31.2 Å². The van der Waals surface area contributed by atoms with Crippen LogP contribution in [0.25, 0.3) is 0 Å². The number of hydrogen-bond acceptors (Lipinski definition) is 3. The van der Waals surface area contributed by atoms with E-state index in [1.165, 1.54) is 18.2 Å². The summed E-state index contributed by atoms with van der Waals surface area (Å²) in [5.74, 6) is -9.69. The van der Waals surface area contributed by atoms with E-state index in [1.54, 1.807) is 0 Å². The molecular weight excluding hydrogens is 381 g/mol. The van der Waals surface area contributed by atoms with Crippen LogP contribution in [0.5, 0.6) is 0 Å². The van der Waals surface area contributed by atoms with E-state index in [2.05, 4.69) is 0 Å². The fourth-order valence-corrected chi connectivity index (χ4v) is 3.08. The monoisotopic (exact) mass is 394 g/mol. The van der Waals surface area contributed by atoms with Gasteiger partial charge >= 0.3 is 23.7 Å². The molecule has 3 N–H and O–H groups in total. The van der Waals surface area contributed by atoms with E-state index >= 15 is 0 Å². The molecule has 2 rings (SSSR count). The molecule has 2 atom stereocenters. The van der Waals surface area contributed by atoms with Crippen LogP contribution in [0, 0.1) is 5.92 Å². The van der Waals surface area contributed by atoms with Gasteiger partial charge in [-0.3, -0.25) is 14.4 Å². The average molecular weight is 395 g/mol. The number of carbonyl (C=O) groups excluding carboxylic acids is 2. The molecule has 25 heavy (non-hydrogen) atoms. The highest BCUT2D eigenvalue weighted by Gasteiger charge is 2.48. The summed E-state index contributed by atoms with van der Waals surface area (Å²) in [4.78, 5) is 34.3. The van der Waals surface area contributed by atoms with Gasteiger partial charge in [0, 0.05) is 21.8 Å². The van der Waals surface area contributed by atoms with Gasteiger partial charge in [-0.15, -0.1) is 0 Å². The predicted molar refractivity (Wildman–Crippen MR) is 86.9 cm³/mol.